The first-order valence-corrected chi connectivity index (χ1v) is 7.75. The Kier molecular flexibility index (Phi) is 4.25. The monoisotopic (exact) mass is 286 g/mol. The number of para-hydroxylation sites is 1. The molecule has 2 aromatic rings. The average molecular weight is 286 g/mol. The van der Waals surface area contributed by atoms with Gasteiger partial charge in [-0.05, 0) is 44.4 Å². The Morgan fingerprint density at radius 2 is 2.29 bits per heavy atom. The van der Waals surface area contributed by atoms with Crippen molar-refractivity contribution in [2.24, 2.45) is 0 Å². The summed E-state index contributed by atoms with van der Waals surface area (Å²) in [6.07, 6.45) is 5.05. The average Bonchev–Trinajstić information content (AvgIpc) is 3.12. The molecule has 1 N–H and O–H groups in total. The number of rotatable bonds is 5. The number of benzene rings is 1. The summed E-state index contributed by atoms with van der Waals surface area (Å²) in [4.78, 5) is 17.5. The van der Waals surface area contributed by atoms with Crippen LogP contribution in [0.4, 0.5) is 0 Å². The van der Waals surface area contributed by atoms with Gasteiger partial charge in [0.2, 0.25) is 0 Å². The molecule has 0 bridgehead atoms. The molecule has 4 heteroatoms. The molecule has 1 fully saturated rings. The molecule has 3 rings (SSSR count). The maximum absolute atomic E-state index is 12.0. The largest absolute Gasteiger partial charge is 0.465 e. The van der Waals surface area contributed by atoms with Crippen molar-refractivity contribution in [3.8, 4) is 0 Å². The topological polar surface area (TPSA) is 45.3 Å². The van der Waals surface area contributed by atoms with E-state index in [1.807, 2.05) is 13.0 Å². The highest BCUT2D eigenvalue weighted by Gasteiger charge is 2.31. The lowest BCUT2D eigenvalue weighted by Crippen LogP contribution is -2.38. The van der Waals surface area contributed by atoms with E-state index in [0.29, 0.717) is 6.61 Å². The highest BCUT2D eigenvalue weighted by Crippen LogP contribution is 2.22. The van der Waals surface area contributed by atoms with Gasteiger partial charge in [0.15, 0.2) is 0 Å². The molecule has 0 aliphatic carbocycles. The smallest absolute Gasteiger partial charge is 0.323 e. The number of nitrogens with zero attached hydrogens (tertiary/aromatic N) is 1. The lowest BCUT2D eigenvalue weighted by molar-refractivity contribution is -0.148. The second kappa shape index (κ2) is 6.31. The van der Waals surface area contributed by atoms with Crippen LogP contribution in [0.2, 0.25) is 0 Å². The molecule has 21 heavy (non-hydrogen) atoms. The maximum Gasteiger partial charge on any atom is 0.323 e. The van der Waals surface area contributed by atoms with E-state index >= 15 is 0 Å². The second-order valence-corrected chi connectivity index (χ2v) is 5.56. The Bertz CT molecular complexity index is 620. The number of carbonyl (C=O) groups is 1. The minimum Gasteiger partial charge on any atom is -0.465 e. The Hall–Kier alpha value is -1.81. The summed E-state index contributed by atoms with van der Waals surface area (Å²) in [5.74, 6) is -0.0612. The summed E-state index contributed by atoms with van der Waals surface area (Å²) in [6, 6.07) is 8.30. The number of hydrogen-bond donors (Lipinski definition) is 1. The summed E-state index contributed by atoms with van der Waals surface area (Å²) < 4.78 is 5.18. The van der Waals surface area contributed by atoms with Crippen LogP contribution in [0.5, 0.6) is 0 Å². The van der Waals surface area contributed by atoms with Crippen LogP contribution in [0.25, 0.3) is 10.9 Å². The minimum atomic E-state index is -0.0612. The van der Waals surface area contributed by atoms with Crippen LogP contribution in [0.1, 0.15) is 25.3 Å². The molecule has 0 spiro atoms. The summed E-state index contributed by atoms with van der Waals surface area (Å²) in [5.41, 5.74) is 2.50. The van der Waals surface area contributed by atoms with Crippen molar-refractivity contribution in [2.45, 2.75) is 32.2 Å². The van der Waals surface area contributed by atoms with Crippen LogP contribution in [0, 0.1) is 0 Å². The van der Waals surface area contributed by atoms with E-state index in [0.717, 1.165) is 32.4 Å². The fourth-order valence-corrected chi connectivity index (χ4v) is 3.20. The van der Waals surface area contributed by atoms with Crippen LogP contribution < -0.4 is 0 Å². The standard InChI is InChI=1S/C17H22N2O2/c1-2-21-17(20)16-8-5-10-19(16)11-9-13-12-18-15-7-4-3-6-14(13)15/h3-4,6-7,12,16,18H,2,5,8-11H2,1H3/t16-/m0/s1. The van der Waals surface area contributed by atoms with Crippen molar-refractivity contribution in [3.63, 3.8) is 0 Å². The molecule has 1 aromatic heterocycles. The van der Waals surface area contributed by atoms with Crippen molar-refractivity contribution in [2.75, 3.05) is 19.7 Å². The SMILES string of the molecule is CCOC(=O)[C@@H]1CCCN1CCc1c[nH]c2ccccc12. The number of aromatic amines is 1. The molecule has 0 radical (unpaired) electrons. The van der Waals surface area contributed by atoms with E-state index in [-0.39, 0.29) is 12.0 Å². The minimum absolute atomic E-state index is 0.0462. The van der Waals surface area contributed by atoms with Gasteiger partial charge >= 0.3 is 5.97 Å². The predicted octanol–water partition coefficient (Wildman–Crippen LogP) is 2.74. The van der Waals surface area contributed by atoms with Crippen LogP contribution in [0.3, 0.4) is 0 Å². The molecule has 1 aliphatic heterocycles. The highest BCUT2D eigenvalue weighted by molar-refractivity contribution is 5.83. The van der Waals surface area contributed by atoms with Gasteiger partial charge in [0, 0.05) is 23.6 Å². The molecular formula is C17H22N2O2. The first-order chi connectivity index (χ1) is 10.3. The molecule has 1 aliphatic rings. The van der Waals surface area contributed by atoms with Crippen molar-refractivity contribution >= 4 is 16.9 Å². The number of carbonyl (C=O) groups excluding carboxylic acids is 1. The Morgan fingerprint density at radius 3 is 3.14 bits per heavy atom. The summed E-state index contributed by atoms with van der Waals surface area (Å²) in [5, 5.41) is 1.28. The predicted molar refractivity (Wildman–Crippen MR) is 83.2 cm³/mol. The van der Waals surface area contributed by atoms with Gasteiger partial charge in [-0.1, -0.05) is 18.2 Å². The number of ether oxygens (including phenoxy) is 1. The van der Waals surface area contributed by atoms with Gasteiger partial charge in [0.05, 0.1) is 6.61 Å². The van der Waals surface area contributed by atoms with E-state index in [9.17, 15) is 4.79 Å². The van der Waals surface area contributed by atoms with E-state index < -0.39 is 0 Å². The van der Waals surface area contributed by atoms with E-state index in [2.05, 4.69) is 34.3 Å². The van der Waals surface area contributed by atoms with Crippen molar-refractivity contribution in [3.05, 3.63) is 36.0 Å². The zero-order valence-electron chi connectivity index (χ0n) is 12.5. The van der Waals surface area contributed by atoms with Gasteiger partial charge in [-0.25, -0.2) is 0 Å². The second-order valence-electron chi connectivity index (χ2n) is 5.56. The van der Waals surface area contributed by atoms with Crippen LogP contribution in [0.15, 0.2) is 30.5 Å². The molecule has 1 saturated heterocycles. The molecular weight excluding hydrogens is 264 g/mol. The fraction of sp³-hybridized carbons (Fsp3) is 0.471. The first kappa shape index (κ1) is 14.1. The number of nitrogens with one attached hydrogen (secondary N) is 1. The summed E-state index contributed by atoms with van der Waals surface area (Å²) in [7, 11) is 0. The molecule has 4 nitrogen and oxygen atoms in total. The molecule has 2 heterocycles. The van der Waals surface area contributed by atoms with Crippen LogP contribution >= 0.6 is 0 Å². The van der Waals surface area contributed by atoms with Gasteiger partial charge in [-0.3, -0.25) is 9.69 Å². The highest BCUT2D eigenvalue weighted by atomic mass is 16.5. The number of hydrogen-bond acceptors (Lipinski definition) is 3. The van der Waals surface area contributed by atoms with Gasteiger partial charge in [-0.15, -0.1) is 0 Å². The third-order valence-corrected chi connectivity index (χ3v) is 4.27. The maximum atomic E-state index is 12.0. The van der Waals surface area contributed by atoms with Crippen molar-refractivity contribution in [1.82, 2.24) is 9.88 Å². The Labute approximate surface area is 125 Å². The quantitative estimate of drug-likeness (QED) is 0.860. The zero-order valence-corrected chi connectivity index (χ0v) is 12.5. The van der Waals surface area contributed by atoms with Gasteiger partial charge in [0.1, 0.15) is 6.04 Å². The van der Waals surface area contributed by atoms with E-state index in [4.69, 9.17) is 4.74 Å². The lowest BCUT2D eigenvalue weighted by Gasteiger charge is -2.22. The van der Waals surface area contributed by atoms with E-state index in [1.54, 1.807) is 0 Å². The van der Waals surface area contributed by atoms with Gasteiger partial charge in [0.25, 0.3) is 0 Å². The number of esters is 1. The third kappa shape index (κ3) is 2.95. The number of H-pyrrole nitrogens is 1. The third-order valence-electron chi connectivity index (χ3n) is 4.27. The number of likely N-dealkylation sites (tertiary alicyclic amines) is 1. The zero-order chi connectivity index (χ0) is 14.7. The molecule has 0 saturated carbocycles. The van der Waals surface area contributed by atoms with Crippen LogP contribution in [-0.2, 0) is 16.0 Å². The number of fused-ring (bicyclic) bond motifs is 1. The summed E-state index contributed by atoms with van der Waals surface area (Å²) in [6.45, 7) is 4.23. The summed E-state index contributed by atoms with van der Waals surface area (Å²) >= 11 is 0. The van der Waals surface area contributed by atoms with Gasteiger partial charge < -0.3 is 9.72 Å². The Morgan fingerprint density at radius 1 is 1.43 bits per heavy atom. The van der Waals surface area contributed by atoms with Crippen molar-refractivity contribution in [1.29, 1.82) is 0 Å². The van der Waals surface area contributed by atoms with Crippen molar-refractivity contribution < 1.29 is 9.53 Å². The molecule has 112 valence electrons. The van der Waals surface area contributed by atoms with E-state index in [1.165, 1.54) is 16.5 Å². The molecule has 0 amide bonds. The fourth-order valence-electron chi connectivity index (χ4n) is 3.20. The normalized spacial score (nSPS) is 19.2. The molecule has 1 aromatic carbocycles. The first-order valence-electron chi connectivity index (χ1n) is 7.75. The molecule has 1 atom stereocenters. The van der Waals surface area contributed by atoms with Crippen LogP contribution in [-0.4, -0.2) is 41.6 Å². The Balaban J connectivity index is 1.65. The lowest BCUT2D eigenvalue weighted by atomic mass is 10.1. The molecule has 0 unspecified atom stereocenters. The van der Waals surface area contributed by atoms with Gasteiger partial charge in [-0.2, -0.15) is 0 Å². The number of aromatic nitrogens is 1.